The van der Waals surface area contributed by atoms with Gasteiger partial charge < -0.3 is 18.5 Å². The second kappa shape index (κ2) is 8.02. The van der Waals surface area contributed by atoms with Crippen LogP contribution in [0.25, 0.3) is 22.2 Å². The third-order valence-electron chi connectivity index (χ3n) is 5.49. The van der Waals surface area contributed by atoms with Crippen LogP contribution < -0.4 is 4.74 Å². The lowest BCUT2D eigenvalue weighted by molar-refractivity contribution is -0.134. The third kappa shape index (κ3) is 3.78. The molecule has 2 aromatic carbocycles. The van der Waals surface area contributed by atoms with Gasteiger partial charge in [-0.3, -0.25) is 4.79 Å². The molecule has 0 radical (unpaired) electrons. The number of nitrogens with zero attached hydrogens (tertiary/aromatic N) is 3. The molecule has 0 N–H and O–H groups in total. The Hall–Kier alpha value is -3.61. The summed E-state index contributed by atoms with van der Waals surface area (Å²) in [6.45, 7) is 1.33. The van der Waals surface area contributed by atoms with Gasteiger partial charge in [-0.2, -0.15) is 0 Å². The van der Waals surface area contributed by atoms with Crippen LogP contribution in [0.1, 0.15) is 24.7 Å². The van der Waals surface area contributed by atoms with E-state index in [1.165, 1.54) is 0 Å². The van der Waals surface area contributed by atoms with Crippen LogP contribution in [0.15, 0.2) is 69.9 Å². The number of hydrogen-bond acceptors (Lipinski definition) is 6. The van der Waals surface area contributed by atoms with Gasteiger partial charge in [0.05, 0.1) is 11.8 Å². The number of likely N-dealkylation sites (tertiary alicyclic amines) is 1. The molecule has 1 aliphatic rings. The van der Waals surface area contributed by atoms with E-state index in [1.807, 2.05) is 41.3 Å². The lowest BCUT2D eigenvalue weighted by atomic mass is 9.97. The molecule has 0 aliphatic carbocycles. The van der Waals surface area contributed by atoms with Crippen molar-refractivity contribution in [2.24, 2.45) is 0 Å². The number of ether oxygens (including phenoxy) is 1. The van der Waals surface area contributed by atoms with Crippen molar-refractivity contribution >= 4 is 16.7 Å². The fourth-order valence-electron chi connectivity index (χ4n) is 3.77. The Balaban J connectivity index is 1.15. The average Bonchev–Trinajstić information content (AvgIpc) is 3.49. The number of amides is 1. The number of rotatable bonds is 5. The minimum atomic E-state index is -0.00813. The molecule has 0 atom stereocenters. The van der Waals surface area contributed by atoms with Crippen LogP contribution in [0.3, 0.4) is 0 Å². The first kappa shape index (κ1) is 18.4. The molecule has 0 saturated carbocycles. The van der Waals surface area contributed by atoms with E-state index < -0.39 is 0 Å². The predicted molar refractivity (Wildman–Crippen MR) is 110 cm³/mol. The molecule has 1 amide bonds. The monoisotopic (exact) mass is 403 g/mol. The summed E-state index contributed by atoms with van der Waals surface area (Å²) in [6, 6.07) is 15.7. The zero-order chi connectivity index (χ0) is 20.3. The first-order valence-corrected chi connectivity index (χ1v) is 10.0. The second-order valence-corrected chi connectivity index (χ2v) is 7.41. The van der Waals surface area contributed by atoms with Crippen molar-refractivity contribution in [1.29, 1.82) is 0 Å². The van der Waals surface area contributed by atoms with E-state index in [9.17, 15) is 4.79 Å². The second-order valence-electron chi connectivity index (χ2n) is 7.41. The van der Waals surface area contributed by atoms with Gasteiger partial charge >= 0.3 is 0 Å². The summed E-state index contributed by atoms with van der Waals surface area (Å²) in [7, 11) is 0. The molecule has 0 spiro atoms. The van der Waals surface area contributed by atoms with Crippen LogP contribution in [0.4, 0.5) is 0 Å². The number of aromatic nitrogens is 2. The topological polar surface area (TPSA) is 81.6 Å². The quantitative estimate of drug-likeness (QED) is 0.495. The van der Waals surface area contributed by atoms with E-state index in [-0.39, 0.29) is 18.4 Å². The number of carbonyl (C=O) groups is 1. The van der Waals surface area contributed by atoms with Crippen LogP contribution in [0, 0.1) is 0 Å². The van der Waals surface area contributed by atoms with Crippen LogP contribution >= 0.6 is 0 Å². The molecule has 7 heteroatoms. The van der Waals surface area contributed by atoms with Gasteiger partial charge in [0.25, 0.3) is 11.8 Å². The fraction of sp³-hybridized carbons (Fsp3) is 0.261. The molecule has 0 bridgehead atoms. The Morgan fingerprint density at radius 2 is 1.90 bits per heavy atom. The standard InChI is InChI=1S/C23H21N3O4/c27-21(15-29-20-6-5-16-3-1-2-4-18(16)13-20)26-10-7-17(8-11-26)22-24-25-23(30-22)19-9-12-28-14-19/h1-6,9,12-14,17H,7-8,10-11,15H2. The van der Waals surface area contributed by atoms with Crippen LogP contribution in [0.2, 0.25) is 0 Å². The van der Waals surface area contributed by atoms with Crippen molar-refractivity contribution in [1.82, 2.24) is 15.1 Å². The van der Waals surface area contributed by atoms with Crippen LogP contribution in [0.5, 0.6) is 5.75 Å². The molecule has 152 valence electrons. The number of furan rings is 1. The van der Waals surface area contributed by atoms with Gasteiger partial charge in [0, 0.05) is 19.0 Å². The highest BCUT2D eigenvalue weighted by molar-refractivity contribution is 5.84. The first-order valence-electron chi connectivity index (χ1n) is 10.0. The largest absolute Gasteiger partial charge is 0.484 e. The number of piperidine rings is 1. The Morgan fingerprint density at radius 3 is 2.70 bits per heavy atom. The summed E-state index contributed by atoms with van der Waals surface area (Å²) >= 11 is 0. The highest BCUT2D eigenvalue weighted by atomic mass is 16.5. The number of carbonyl (C=O) groups excluding carboxylic acids is 1. The molecule has 1 aliphatic heterocycles. The Morgan fingerprint density at radius 1 is 1.07 bits per heavy atom. The molecule has 2 aromatic heterocycles. The first-order chi connectivity index (χ1) is 14.8. The van der Waals surface area contributed by atoms with Crippen molar-refractivity contribution in [3.63, 3.8) is 0 Å². The molecule has 3 heterocycles. The van der Waals surface area contributed by atoms with Crippen LogP contribution in [-0.2, 0) is 4.79 Å². The summed E-state index contributed by atoms with van der Waals surface area (Å²) in [4.78, 5) is 14.4. The molecule has 4 aromatic rings. The molecule has 1 saturated heterocycles. The van der Waals surface area contributed by atoms with Crippen molar-refractivity contribution < 1.29 is 18.4 Å². The number of hydrogen-bond donors (Lipinski definition) is 0. The van der Waals surface area contributed by atoms with Gasteiger partial charge in [-0.25, -0.2) is 0 Å². The van der Waals surface area contributed by atoms with E-state index in [2.05, 4.69) is 16.3 Å². The molecule has 1 fully saturated rings. The molecular formula is C23H21N3O4. The lowest BCUT2D eigenvalue weighted by Gasteiger charge is -2.30. The van der Waals surface area contributed by atoms with Crippen molar-refractivity contribution in [3.8, 4) is 17.2 Å². The number of benzene rings is 2. The van der Waals surface area contributed by atoms with Gasteiger partial charge in [-0.05, 0) is 41.8 Å². The zero-order valence-corrected chi connectivity index (χ0v) is 16.4. The normalized spacial score (nSPS) is 14.9. The highest BCUT2D eigenvalue weighted by Crippen LogP contribution is 2.29. The summed E-state index contributed by atoms with van der Waals surface area (Å²) < 4.78 is 16.6. The minimum Gasteiger partial charge on any atom is -0.484 e. The molecule has 30 heavy (non-hydrogen) atoms. The Bertz CT molecular complexity index is 1140. The van der Waals surface area contributed by atoms with Crippen molar-refractivity contribution in [2.45, 2.75) is 18.8 Å². The predicted octanol–water partition coefficient (Wildman–Crippen LogP) is 4.27. The highest BCUT2D eigenvalue weighted by Gasteiger charge is 2.27. The molecule has 0 unspecified atom stereocenters. The van der Waals surface area contributed by atoms with Gasteiger partial charge in [0.2, 0.25) is 5.89 Å². The maximum atomic E-state index is 12.6. The minimum absolute atomic E-state index is 0.00813. The van der Waals surface area contributed by atoms with Crippen LogP contribution in [-0.4, -0.2) is 40.7 Å². The third-order valence-corrected chi connectivity index (χ3v) is 5.49. The average molecular weight is 403 g/mol. The summed E-state index contributed by atoms with van der Waals surface area (Å²) in [6.07, 6.45) is 4.72. The molecule has 7 nitrogen and oxygen atoms in total. The molecule has 5 rings (SSSR count). The summed E-state index contributed by atoms with van der Waals surface area (Å²) in [5.41, 5.74) is 0.771. The summed E-state index contributed by atoms with van der Waals surface area (Å²) in [5.74, 6) is 1.93. The van der Waals surface area contributed by atoms with E-state index in [1.54, 1.807) is 18.6 Å². The number of fused-ring (bicyclic) bond motifs is 1. The fourth-order valence-corrected chi connectivity index (χ4v) is 3.77. The lowest BCUT2D eigenvalue weighted by Crippen LogP contribution is -2.40. The van der Waals surface area contributed by atoms with Gasteiger partial charge in [-0.15, -0.1) is 10.2 Å². The van der Waals surface area contributed by atoms with E-state index in [4.69, 9.17) is 13.6 Å². The van der Waals surface area contributed by atoms with Gasteiger partial charge in [-0.1, -0.05) is 30.3 Å². The molecular weight excluding hydrogens is 382 g/mol. The maximum absolute atomic E-state index is 12.6. The Kier molecular flexibility index (Phi) is 4.93. The zero-order valence-electron chi connectivity index (χ0n) is 16.4. The van der Waals surface area contributed by atoms with Gasteiger partial charge in [0.15, 0.2) is 6.61 Å². The SMILES string of the molecule is O=C(COc1ccc2ccccc2c1)N1CCC(c2nnc(-c3ccoc3)o2)CC1. The smallest absolute Gasteiger partial charge is 0.260 e. The Labute approximate surface area is 173 Å². The van der Waals surface area contributed by atoms with E-state index in [0.717, 1.165) is 29.2 Å². The van der Waals surface area contributed by atoms with Crippen molar-refractivity contribution in [3.05, 3.63) is 66.9 Å². The van der Waals surface area contributed by atoms with Gasteiger partial charge in [0.1, 0.15) is 12.0 Å². The van der Waals surface area contributed by atoms with Crippen molar-refractivity contribution in [2.75, 3.05) is 19.7 Å². The van der Waals surface area contributed by atoms with E-state index >= 15 is 0 Å². The van der Waals surface area contributed by atoms with E-state index in [0.29, 0.717) is 30.6 Å². The maximum Gasteiger partial charge on any atom is 0.260 e. The summed E-state index contributed by atoms with van der Waals surface area (Å²) in [5, 5.41) is 10.5.